The lowest BCUT2D eigenvalue weighted by atomic mass is 10.1. The summed E-state index contributed by atoms with van der Waals surface area (Å²) in [7, 11) is 1.95. The number of likely N-dealkylation sites (N-methyl/N-ethyl adjacent to an activating group) is 1. The number of benzene rings is 1. The van der Waals surface area contributed by atoms with E-state index in [4.69, 9.17) is 10.2 Å². The second kappa shape index (κ2) is 5.30. The van der Waals surface area contributed by atoms with E-state index < -0.39 is 0 Å². The van der Waals surface area contributed by atoms with Gasteiger partial charge in [-0.3, -0.25) is 0 Å². The Morgan fingerprint density at radius 3 is 2.75 bits per heavy atom. The summed E-state index contributed by atoms with van der Waals surface area (Å²) >= 11 is 0. The molecule has 0 amide bonds. The van der Waals surface area contributed by atoms with E-state index in [1.54, 1.807) is 6.26 Å². The highest BCUT2D eigenvalue weighted by molar-refractivity contribution is 5.92. The van der Waals surface area contributed by atoms with Crippen LogP contribution in [0.1, 0.15) is 0 Å². The summed E-state index contributed by atoms with van der Waals surface area (Å²) in [6.07, 6.45) is 1.72. The normalized spacial score (nSPS) is 10.9. The number of rotatable bonds is 4. The molecular weight excluding hydrogens is 252 g/mol. The first-order valence-corrected chi connectivity index (χ1v) is 6.51. The Labute approximate surface area is 117 Å². The van der Waals surface area contributed by atoms with E-state index in [-0.39, 0.29) is 0 Å². The van der Waals surface area contributed by atoms with Crippen molar-refractivity contribution in [1.82, 2.24) is 10.2 Å². The van der Waals surface area contributed by atoms with Crippen LogP contribution in [-0.2, 0) is 0 Å². The molecule has 0 spiro atoms. The van der Waals surface area contributed by atoms with Crippen molar-refractivity contribution in [3.8, 4) is 11.3 Å². The quantitative estimate of drug-likeness (QED) is 0.786. The third-order valence-corrected chi connectivity index (χ3v) is 3.26. The number of furan rings is 1. The summed E-state index contributed by atoms with van der Waals surface area (Å²) in [5.74, 6) is 0.812. The van der Waals surface area contributed by atoms with Crippen LogP contribution >= 0.6 is 0 Å². The van der Waals surface area contributed by atoms with Gasteiger partial charge in [-0.25, -0.2) is 0 Å². The largest absolute Gasteiger partial charge is 0.464 e. The highest BCUT2D eigenvalue weighted by atomic mass is 16.3. The van der Waals surface area contributed by atoms with Gasteiger partial charge in [0.25, 0.3) is 0 Å². The Morgan fingerprint density at radius 2 is 2.00 bits per heavy atom. The first-order valence-electron chi connectivity index (χ1n) is 6.51. The van der Waals surface area contributed by atoms with E-state index in [1.165, 1.54) is 0 Å². The third-order valence-electron chi connectivity index (χ3n) is 3.26. The SMILES string of the molecule is CN(CCN)c1ccc(-c2coc3ccccc23)nn1. The summed E-state index contributed by atoms with van der Waals surface area (Å²) in [5.41, 5.74) is 8.15. The third kappa shape index (κ3) is 2.23. The Hall–Kier alpha value is -2.40. The zero-order valence-corrected chi connectivity index (χ0v) is 11.3. The number of hydrogen-bond donors (Lipinski definition) is 1. The lowest BCUT2D eigenvalue weighted by Crippen LogP contribution is -2.25. The predicted molar refractivity (Wildman–Crippen MR) is 79.6 cm³/mol. The molecule has 0 unspecified atom stereocenters. The monoisotopic (exact) mass is 268 g/mol. The summed E-state index contributed by atoms with van der Waals surface area (Å²) in [6, 6.07) is 11.8. The van der Waals surface area contributed by atoms with Gasteiger partial charge in [-0.2, -0.15) is 0 Å². The van der Waals surface area contributed by atoms with Crippen molar-refractivity contribution >= 4 is 16.8 Å². The molecular formula is C15H16N4O. The lowest BCUT2D eigenvalue weighted by molar-refractivity contribution is 0.616. The molecule has 2 N–H and O–H groups in total. The smallest absolute Gasteiger partial charge is 0.151 e. The fourth-order valence-corrected chi connectivity index (χ4v) is 2.16. The van der Waals surface area contributed by atoms with Crippen LogP contribution in [0.4, 0.5) is 5.82 Å². The number of fused-ring (bicyclic) bond motifs is 1. The van der Waals surface area contributed by atoms with Crippen LogP contribution in [-0.4, -0.2) is 30.3 Å². The molecule has 3 aromatic rings. The predicted octanol–water partition coefficient (Wildman–Crippen LogP) is 2.28. The van der Waals surface area contributed by atoms with Crippen LogP contribution in [0.5, 0.6) is 0 Å². The van der Waals surface area contributed by atoms with Crippen molar-refractivity contribution in [2.45, 2.75) is 0 Å². The molecule has 3 rings (SSSR count). The molecule has 0 fully saturated rings. The van der Waals surface area contributed by atoms with Gasteiger partial charge in [-0.15, -0.1) is 10.2 Å². The molecule has 20 heavy (non-hydrogen) atoms. The van der Waals surface area contributed by atoms with Crippen molar-refractivity contribution in [1.29, 1.82) is 0 Å². The van der Waals surface area contributed by atoms with Crippen molar-refractivity contribution in [2.24, 2.45) is 5.73 Å². The van der Waals surface area contributed by atoms with E-state index in [0.29, 0.717) is 6.54 Å². The molecule has 1 aromatic carbocycles. The minimum absolute atomic E-state index is 0.590. The maximum atomic E-state index is 5.53. The fraction of sp³-hybridized carbons (Fsp3) is 0.200. The Balaban J connectivity index is 1.95. The molecule has 0 aliphatic carbocycles. The molecule has 0 atom stereocenters. The molecule has 102 valence electrons. The minimum atomic E-state index is 0.590. The van der Waals surface area contributed by atoms with Crippen LogP contribution in [0.25, 0.3) is 22.2 Å². The van der Waals surface area contributed by atoms with Gasteiger partial charge in [0, 0.05) is 31.1 Å². The van der Waals surface area contributed by atoms with Gasteiger partial charge in [-0.1, -0.05) is 18.2 Å². The topological polar surface area (TPSA) is 68.2 Å². The van der Waals surface area contributed by atoms with Crippen molar-refractivity contribution in [3.05, 3.63) is 42.7 Å². The van der Waals surface area contributed by atoms with Crippen molar-refractivity contribution < 1.29 is 4.42 Å². The Kier molecular flexibility index (Phi) is 3.35. The molecule has 0 aliphatic heterocycles. The summed E-state index contributed by atoms with van der Waals surface area (Å²) in [4.78, 5) is 1.98. The van der Waals surface area contributed by atoms with Gasteiger partial charge in [0.2, 0.25) is 0 Å². The summed E-state index contributed by atoms with van der Waals surface area (Å²) in [5, 5.41) is 9.57. The fourth-order valence-electron chi connectivity index (χ4n) is 2.16. The van der Waals surface area contributed by atoms with Gasteiger partial charge < -0.3 is 15.1 Å². The van der Waals surface area contributed by atoms with E-state index in [9.17, 15) is 0 Å². The van der Waals surface area contributed by atoms with E-state index in [0.717, 1.165) is 34.6 Å². The van der Waals surface area contributed by atoms with Crippen LogP contribution in [0, 0.1) is 0 Å². The van der Waals surface area contributed by atoms with E-state index in [2.05, 4.69) is 10.2 Å². The van der Waals surface area contributed by atoms with Crippen molar-refractivity contribution in [3.63, 3.8) is 0 Å². The standard InChI is InChI=1S/C15H16N4O/c1-19(9-8-16)15-7-6-13(17-18-15)12-10-20-14-5-3-2-4-11(12)14/h2-7,10H,8-9,16H2,1H3. The summed E-state index contributed by atoms with van der Waals surface area (Å²) < 4.78 is 5.52. The maximum Gasteiger partial charge on any atom is 0.151 e. The van der Waals surface area contributed by atoms with E-state index >= 15 is 0 Å². The van der Waals surface area contributed by atoms with Crippen LogP contribution < -0.4 is 10.6 Å². The Morgan fingerprint density at radius 1 is 1.15 bits per heavy atom. The molecule has 5 heteroatoms. The van der Waals surface area contributed by atoms with Gasteiger partial charge in [0.15, 0.2) is 5.82 Å². The molecule has 5 nitrogen and oxygen atoms in total. The lowest BCUT2D eigenvalue weighted by Gasteiger charge is -2.15. The number of anilines is 1. The molecule has 2 heterocycles. The van der Waals surface area contributed by atoms with Gasteiger partial charge in [0.05, 0.1) is 5.69 Å². The Bertz CT molecular complexity index is 705. The number of aromatic nitrogens is 2. The zero-order valence-electron chi connectivity index (χ0n) is 11.3. The number of para-hydroxylation sites is 1. The maximum absolute atomic E-state index is 5.53. The van der Waals surface area contributed by atoms with E-state index in [1.807, 2.05) is 48.3 Å². The number of nitrogens with two attached hydrogens (primary N) is 1. The molecule has 0 radical (unpaired) electrons. The van der Waals surface area contributed by atoms with Crippen LogP contribution in [0.3, 0.4) is 0 Å². The summed E-state index contributed by atoms with van der Waals surface area (Å²) in [6.45, 7) is 1.34. The van der Waals surface area contributed by atoms with Gasteiger partial charge >= 0.3 is 0 Å². The van der Waals surface area contributed by atoms with Crippen LogP contribution in [0.15, 0.2) is 47.1 Å². The average molecular weight is 268 g/mol. The molecule has 0 bridgehead atoms. The van der Waals surface area contributed by atoms with Crippen molar-refractivity contribution in [2.75, 3.05) is 25.0 Å². The zero-order chi connectivity index (χ0) is 13.9. The highest BCUT2D eigenvalue weighted by Crippen LogP contribution is 2.29. The van der Waals surface area contributed by atoms with Crippen LogP contribution in [0.2, 0.25) is 0 Å². The second-order valence-corrected chi connectivity index (χ2v) is 4.63. The van der Waals surface area contributed by atoms with Gasteiger partial charge in [0.1, 0.15) is 11.8 Å². The molecule has 0 aliphatic rings. The minimum Gasteiger partial charge on any atom is -0.464 e. The average Bonchev–Trinajstić information content (AvgIpc) is 2.92. The highest BCUT2D eigenvalue weighted by Gasteiger charge is 2.10. The second-order valence-electron chi connectivity index (χ2n) is 4.63. The first-order chi connectivity index (χ1) is 9.79. The first kappa shape index (κ1) is 12.6. The van der Waals surface area contributed by atoms with Gasteiger partial charge in [-0.05, 0) is 18.2 Å². The number of hydrogen-bond acceptors (Lipinski definition) is 5. The molecule has 0 saturated heterocycles. The molecule has 0 saturated carbocycles. The molecule has 2 aromatic heterocycles. The number of nitrogens with zero attached hydrogens (tertiary/aromatic N) is 3.